The molecule has 3 aromatic rings. The van der Waals surface area contributed by atoms with E-state index < -0.39 is 0 Å². The van der Waals surface area contributed by atoms with Crippen molar-refractivity contribution < 1.29 is 9.53 Å². The Kier molecular flexibility index (Phi) is 3.80. The number of amides is 1. The van der Waals surface area contributed by atoms with E-state index in [4.69, 9.17) is 4.74 Å². The molecular formula is C20H16N4O3S. The van der Waals surface area contributed by atoms with Crippen molar-refractivity contribution in [3.8, 4) is 5.75 Å². The van der Waals surface area contributed by atoms with Crippen LogP contribution in [0.4, 0.5) is 11.4 Å². The maximum absolute atomic E-state index is 13.1. The van der Waals surface area contributed by atoms with Gasteiger partial charge in [-0.3, -0.25) is 14.2 Å². The molecule has 1 N–H and O–H groups in total. The van der Waals surface area contributed by atoms with Gasteiger partial charge in [-0.25, -0.2) is 4.99 Å². The van der Waals surface area contributed by atoms with E-state index in [1.54, 1.807) is 29.9 Å². The van der Waals surface area contributed by atoms with Gasteiger partial charge in [0.15, 0.2) is 4.80 Å². The number of methoxy groups -OCH3 is 1. The van der Waals surface area contributed by atoms with Crippen molar-refractivity contribution in [1.82, 2.24) is 4.57 Å². The van der Waals surface area contributed by atoms with Crippen LogP contribution in [0.3, 0.4) is 0 Å². The van der Waals surface area contributed by atoms with Crippen molar-refractivity contribution in [3.05, 3.63) is 73.8 Å². The summed E-state index contributed by atoms with van der Waals surface area (Å²) in [6, 6.07) is 15.2. The third kappa shape index (κ3) is 2.53. The third-order valence-corrected chi connectivity index (χ3v) is 5.99. The monoisotopic (exact) mass is 392 g/mol. The molecule has 8 heteroatoms. The van der Waals surface area contributed by atoms with Gasteiger partial charge in [0.05, 0.1) is 12.7 Å². The number of anilines is 2. The Hall–Kier alpha value is -3.39. The molecule has 5 rings (SSSR count). The van der Waals surface area contributed by atoms with Crippen LogP contribution in [0.5, 0.6) is 5.75 Å². The lowest BCUT2D eigenvalue weighted by Gasteiger charge is -2.25. The maximum Gasteiger partial charge on any atom is 0.272 e. The van der Waals surface area contributed by atoms with Crippen LogP contribution in [0.25, 0.3) is 5.57 Å². The number of fused-ring (bicyclic) bond motifs is 2. The zero-order valence-corrected chi connectivity index (χ0v) is 15.8. The zero-order valence-electron chi connectivity index (χ0n) is 15.0. The van der Waals surface area contributed by atoms with Gasteiger partial charge >= 0.3 is 0 Å². The topological polar surface area (TPSA) is 75.9 Å². The molecule has 0 saturated carbocycles. The SMILES string of the molecule is COc1ccc2c(c1)/C(=c1\sc3n(c1=O)CN(c1ccccc1)CN=3)C(=O)N2. The highest BCUT2D eigenvalue weighted by Crippen LogP contribution is 2.32. The largest absolute Gasteiger partial charge is 0.497 e. The van der Waals surface area contributed by atoms with E-state index >= 15 is 0 Å². The van der Waals surface area contributed by atoms with Gasteiger partial charge in [0.1, 0.15) is 23.6 Å². The van der Waals surface area contributed by atoms with Gasteiger partial charge in [0.2, 0.25) is 0 Å². The summed E-state index contributed by atoms with van der Waals surface area (Å²) < 4.78 is 7.30. The number of rotatable bonds is 2. The van der Waals surface area contributed by atoms with E-state index in [9.17, 15) is 9.59 Å². The second kappa shape index (κ2) is 6.35. The lowest BCUT2D eigenvalue weighted by Crippen LogP contribution is -2.43. The predicted molar refractivity (Wildman–Crippen MR) is 107 cm³/mol. The van der Waals surface area contributed by atoms with Crippen LogP contribution < -0.4 is 29.8 Å². The molecule has 0 saturated heterocycles. The molecule has 0 radical (unpaired) electrons. The summed E-state index contributed by atoms with van der Waals surface area (Å²) in [7, 11) is 1.57. The lowest BCUT2D eigenvalue weighted by atomic mass is 10.1. The number of nitrogens with zero attached hydrogens (tertiary/aromatic N) is 3. The Morgan fingerprint density at radius 3 is 2.75 bits per heavy atom. The Balaban J connectivity index is 1.67. The molecule has 140 valence electrons. The minimum absolute atomic E-state index is 0.204. The zero-order chi connectivity index (χ0) is 19.3. The minimum atomic E-state index is -0.278. The van der Waals surface area contributed by atoms with Crippen LogP contribution in [-0.4, -0.2) is 24.3 Å². The van der Waals surface area contributed by atoms with E-state index in [-0.39, 0.29) is 11.5 Å². The number of nitrogens with one attached hydrogen (secondary N) is 1. The van der Waals surface area contributed by atoms with Gasteiger partial charge in [-0.15, -0.1) is 0 Å². The number of hydrogen-bond donors (Lipinski definition) is 1. The summed E-state index contributed by atoms with van der Waals surface area (Å²) in [5.74, 6) is 0.355. The molecule has 2 aromatic carbocycles. The van der Waals surface area contributed by atoms with Gasteiger partial charge < -0.3 is 15.0 Å². The molecule has 2 aliphatic rings. The fraction of sp³-hybridized carbons (Fsp3) is 0.150. The second-order valence-corrected chi connectivity index (χ2v) is 7.48. The Morgan fingerprint density at radius 1 is 1.14 bits per heavy atom. The molecule has 0 bridgehead atoms. The Bertz CT molecular complexity index is 1280. The minimum Gasteiger partial charge on any atom is -0.497 e. The average molecular weight is 392 g/mol. The smallest absolute Gasteiger partial charge is 0.272 e. The number of carbonyl (C=O) groups is 1. The standard InChI is InChI=1S/C20H16N4O3S/c1-27-13-7-8-15-14(9-13)16(18(25)22-15)17-19(26)24-11-23(10-21-20(24)28-17)12-5-3-2-4-6-12/h2-9H,10-11H2,1H3,(H,22,25)/b17-16+. The fourth-order valence-corrected chi connectivity index (χ4v) is 4.52. The van der Waals surface area contributed by atoms with Crippen molar-refractivity contribution in [2.45, 2.75) is 6.67 Å². The first kappa shape index (κ1) is 16.8. The molecule has 2 aliphatic heterocycles. The van der Waals surface area contributed by atoms with Crippen molar-refractivity contribution in [2.24, 2.45) is 4.99 Å². The molecule has 0 fully saturated rings. The summed E-state index contributed by atoms with van der Waals surface area (Å²) in [6.07, 6.45) is 0. The third-order valence-electron chi connectivity index (χ3n) is 4.87. The number of aromatic nitrogens is 1. The van der Waals surface area contributed by atoms with E-state index in [2.05, 4.69) is 10.3 Å². The number of hydrogen-bond acceptors (Lipinski definition) is 6. The summed E-state index contributed by atoms with van der Waals surface area (Å²) in [6.45, 7) is 0.868. The van der Waals surface area contributed by atoms with Crippen molar-refractivity contribution in [3.63, 3.8) is 0 Å². The van der Waals surface area contributed by atoms with Gasteiger partial charge in [-0.05, 0) is 30.3 Å². The molecule has 0 unspecified atom stereocenters. The highest BCUT2D eigenvalue weighted by molar-refractivity contribution is 7.07. The van der Waals surface area contributed by atoms with Crippen molar-refractivity contribution >= 4 is 34.2 Å². The highest BCUT2D eigenvalue weighted by atomic mass is 32.1. The van der Waals surface area contributed by atoms with Crippen LogP contribution in [0.15, 0.2) is 58.3 Å². The van der Waals surface area contributed by atoms with Crippen LogP contribution in [0.1, 0.15) is 5.56 Å². The predicted octanol–water partition coefficient (Wildman–Crippen LogP) is 1.12. The maximum atomic E-state index is 13.1. The van der Waals surface area contributed by atoms with Gasteiger partial charge in [-0.1, -0.05) is 29.5 Å². The normalized spacial score (nSPS) is 16.9. The molecule has 0 spiro atoms. The highest BCUT2D eigenvalue weighted by Gasteiger charge is 2.28. The van der Waals surface area contributed by atoms with Gasteiger partial charge in [-0.2, -0.15) is 0 Å². The molecule has 1 amide bonds. The summed E-state index contributed by atoms with van der Waals surface area (Å²) >= 11 is 1.26. The van der Waals surface area contributed by atoms with Crippen LogP contribution >= 0.6 is 11.3 Å². The number of para-hydroxylation sites is 1. The first-order valence-corrected chi connectivity index (χ1v) is 9.55. The number of benzene rings is 2. The molecule has 28 heavy (non-hydrogen) atoms. The number of ether oxygens (including phenoxy) is 1. The summed E-state index contributed by atoms with van der Waals surface area (Å²) in [5.41, 5.74) is 2.54. The molecule has 3 heterocycles. The Labute approximate surface area is 163 Å². The second-order valence-electron chi connectivity index (χ2n) is 6.50. The van der Waals surface area contributed by atoms with E-state index in [1.165, 1.54) is 11.3 Å². The van der Waals surface area contributed by atoms with E-state index in [0.717, 1.165) is 5.69 Å². The molecule has 1 aromatic heterocycles. The molecule has 7 nitrogen and oxygen atoms in total. The quantitative estimate of drug-likeness (QED) is 0.709. The molecule has 0 atom stereocenters. The summed E-state index contributed by atoms with van der Waals surface area (Å²) in [4.78, 5) is 33.0. The fourth-order valence-electron chi connectivity index (χ4n) is 3.46. The lowest BCUT2D eigenvalue weighted by molar-refractivity contribution is -0.110. The van der Waals surface area contributed by atoms with Crippen LogP contribution in [0, 0.1) is 0 Å². The first-order valence-electron chi connectivity index (χ1n) is 8.74. The van der Waals surface area contributed by atoms with Gasteiger partial charge in [0, 0.05) is 16.9 Å². The number of thiazole rings is 1. The number of carbonyl (C=O) groups excluding carboxylic acids is 1. The van der Waals surface area contributed by atoms with Crippen LogP contribution in [0.2, 0.25) is 0 Å². The van der Waals surface area contributed by atoms with Gasteiger partial charge in [0.25, 0.3) is 11.5 Å². The Morgan fingerprint density at radius 2 is 1.96 bits per heavy atom. The van der Waals surface area contributed by atoms with Crippen molar-refractivity contribution in [2.75, 3.05) is 24.0 Å². The molecule has 0 aliphatic carbocycles. The van der Waals surface area contributed by atoms with E-state index in [0.29, 0.717) is 45.2 Å². The van der Waals surface area contributed by atoms with Crippen LogP contribution in [-0.2, 0) is 11.5 Å². The molecular weight excluding hydrogens is 376 g/mol. The van der Waals surface area contributed by atoms with Crippen molar-refractivity contribution in [1.29, 1.82) is 0 Å². The average Bonchev–Trinajstić information content (AvgIpc) is 3.23. The summed E-state index contributed by atoms with van der Waals surface area (Å²) in [5, 5.41) is 2.83. The first-order chi connectivity index (χ1) is 13.7. The van der Waals surface area contributed by atoms with E-state index in [1.807, 2.05) is 35.2 Å².